The Balaban J connectivity index is 2.26. The van der Waals surface area contributed by atoms with E-state index < -0.39 is 4.92 Å². The van der Waals surface area contributed by atoms with Crippen molar-refractivity contribution in [2.24, 2.45) is 0 Å². The van der Waals surface area contributed by atoms with Crippen LogP contribution < -0.4 is 4.57 Å². The number of Topliss-reactive ketones (excluding diaryl/α,β-unsaturated/α-hetero) is 1. The highest BCUT2D eigenvalue weighted by Gasteiger charge is 2.18. The number of pyridine rings is 1. The van der Waals surface area contributed by atoms with Gasteiger partial charge in [0.1, 0.15) is 0 Å². The predicted octanol–water partition coefficient (Wildman–Crippen LogP) is 1.77. The summed E-state index contributed by atoms with van der Waals surface area (Å²) in [5.74, 6) is -0.407. The van der Waals surface area contributed by atoms with E-state index in [0.29, 0.717) is 11.1 Å². The lowest BCUT2D eigenvalue weighted by molar-refractivity contribution is -0.570. The van der Waals surface area contributed by atoms with Crippen LogP contribution in [0.2, 0.25) is 0 Å². The summed E-state index contributed by atoms with van der Waals surface area (Å²) in [5.41, 5.74) is 0.771. The summed E-state index contributed by atoms with van der Waals surface area (Å²) in [7, 11) is 0. The van der Waals surface area contributed by atoms with E-state index in [4.69, 9.17) is 0 Å². The first-order valence-corrected chi connectivity index (χ1v) is 5.80. The van der Waals surface area contributed by atoms with Crippen molar-refractivity contribution in [1.29, 1.82) is 0 Å². The summed E-state index contributed by atoms with van der Waals surface area (Å²) in [4.78, 5) is 33.3. The number of carbonyl (C=O) groups is 2. The molecule has 6 heteroatoms. The van der Waals surface area contributed by atoms with Gasteiger partial charge in [-0.25, -0.2) is 4.79 Å². The highest BCUT2D eigenvalue weighted by atomic mass is 16.6. The largest absolute Gasteiger partial charge is 0.424 e. The minimum absolute atomic E-state index is 0.0709. The Hall–Kier alpha value is -2.89. The summed E-state index contributed by atoms with van der Waals surface area (Å²) in [6, 6.07) is 8.44. The molecule has 1 heterocycles. The van der Waals surface area contributed by atoms with Crippen LogP contribution in [-0.4, -0.2) is 16.6 Å². The number of carbonyl (C=O) groups excluding carboxylic acids is 2. The van der Waals surface area contributed by atoms with Gasteiger partial charge in [0.15, 0.2) is 18.2 Å². The van der Waals surface area contributed by atoms with Crippen molar-refractivity contribution in [1.82, 2.24) is 0 Å². The molecule has 20 heavy (non-hydrogen) atoms. The van der Waals surface area contributed by atoms with Crippen molar-refractivity contribution in [2.75, 3.05) is 0 Å². The normalized spacial score (nSPS) is 10.1. The molecule has 0 aliphatic rings. The maximum atomic E-state index is 12.1. The Bertz CT molecular complexity index is 616. The first-order chi connectivity index (χ1) is 9.49. The monoisotopic (exact) mass is 271 g/mol. The number of nitrogens with zero attached hydrogens (tertiary/aromatic N) is 2. The molecule has 2 rings (SSSR count). The summed E-state index contributed by atoms with van der Waals surface area (Å²) < 4.78 is 1.31. The van der Waals surface area contributed by atoms with Crippen molar-refractivity contribution < 1.29 is 19.1 Å². The molecule has 0 saturated heterocycles. The van der Waals surface area contributed by atoms with Crippen LogP contribution in [0.15, 0.2) is 48.8 Å². The van der Waals surface area contributed by atoms with Crippen molar-refractivity contribution in [2.45, 2.75) is 6.92 Å². The van der Waals surface area contributed by atoms with E-state index in [1.54, 1.807) is 12.1 Å². The van der Waals surface area contributed by atoms with E-state index in [1.807, 2.05) is 0 Å². The lowest BCUT2D eigenvalue weighted by Gasteiger charge is -1.97. The number of non-ortho nitro benzene ring substituents is 1. The predicted molar refractivity (Wildman–Crippen MR) is 69.5 cm³/mol. The second-order valence-corrected chi connectivity index (χ2v) is 4.16. The molecule has 0 aliphatic heterocycles. The molecule has 0 aliphatic carbocycles. The van der Waals surface area contributed by atoms with Gasteiger partial charge in [-0.2, -0.15) is 0 Å². The zero-order valence-electron chi connectivity index (χ0n) is 10.6. The van der Waals surface area contributed by atoms with Crippen LogP contribution >= 0.6 is 0 Å². The van der Waals surface area contributed by atoms with Crippen LogP contribution in [0.25, 0.3) is 0 Å². The smallest absolute Gasteiger partial charge is 0.295 e. The van der Waals surface area contributed by atoms with Crippen LogP contribution in [0.1, 0.15) is 27.6 Å². The number of nitro benzene ring substituents is 1. The van der Waals surface area contributed by atoms with Gasteiger partial charge in [0.05, 0.1) is 10.5 Å². The Morgan fingerprint density at radius 1 is 1.00 bits per heavy atom. The van der Waals surface area contributed by atoms with E-state index >= 15 is 0 Å². The van der Waals surface area contributed by atoms with Crippen LogP contribution in [0.5, 0.6) is 0 Å². The van der Waals surface area contributed by atoms with Crippen LogP contribution in [-0.2, 0) is 0 Å². The lowest BCUT2D eigenvalue weighted by atomic mass is 10.1. The fraction of sp³-hybridized carbons (Fsp3) is 0.0714. The highest BCUT2D eigenvalue weighted by Crippen LogP contribution is 2.11. The Morgan fingerprint density at radius 2 is 1.55 bits per heavy atom. The molecule has 1 aromatic carbocycles. The lowest BCUT2D eigenvalue weighted by Crippen LogP contribution is -2.42. The quantitative estimate of drug-likeness (QED) is 0.369. The zero-order valence-corrected chi connectivity index (χ0v) is 10.6. The number of ketones is 1. The summed E-state index contributed by atoms with van der Waals surface area (Å²) in [6.45, 7) is 1.44. The fourth-order valence-electron chi connectivity index (χ4n) is 1.67. The van der Waals surface area contributed by atoms with Gasteiger partial charge in [-0.05, 0) is 19.1 Å². The molecule has 1 aromatic heterocycles. The molecule has 2 aromatic rings. The maximum absolute atomic E-state index is 12.1. The average Bonchev–Trinajstić information content (AvgIpc) is 2.46. The van der Waals surface area contributed by atoms with Crippen molar-refractivity contribution in [3.05, 3.63) is 70.0 Å². The zero-order chi connectivity index (χ0) is 14.7. The molecule has 0 fully saturated rings. The number of hydrogen-bond donors (Lipinski definition) is 0. The van der Waals surface area contributed by atoms with Gasteiger partial charge in [-0.3, -0.25) is 14.9 Å². The Labute approximate surface area is 114 Å². The van der Waals surface area contributed by atoms with Crippen molar-refractivity contribution in [3.8, 4) is 0 Å². The highest BCUT2D eigenvalue weighted by molar-refractivity contribution is 5.94. The number of rotatable bonds is 3. The van der Waals surface area contributed by atoms with Crippen molar-refractivity contribution in [3.63, 3.8) is 0 Å². The van der Waals surface area contributed by atoms with E-state index in [9.17, 15) is 19.7 Å². The van der Waals surface area contributed by atoms with Gasteiger partial charge in [-0.1, -0.05) is 0 Å². The van der Waals surface area contributed by atoms with E-state index in [2.05, 4.69) is 0 Å². The molecule has 0 unspecified atom stereocenters. The average molecular weight is 271 g/mol. The SMILES string of the molecule is CC(=O)c1cc[n+](C(=O)c2ccc([N+](=O)[O-])cc2)cc1. The van der Waals surface area contributed by atoms with Crippen LogP contribution in [0.3, 0.4) is 0 Å². The third-order valence-corrected chi connectivity index (χ3v) is 2.80. The second kappa shape index (κ2) is 5.40. The maximum Gasteiger partial charge on any atom is 0.424 e. The van der Waals surface area contributed by atoms with E-state index in [0.717, 1.165) is 0 Å². The molecule has 0 atom stereocenters. The molecule has 100 valence electrons. The summed E-state index contributed by atoms with van der Waals surface area (Å²) >= 11 is 0. The van der Waals surface area contributed by atoms with Gasteiger partial charge in [0.25, 0.3) is 5.69 Å². The first kappa shape index (κ1) is 13.5. The third-order valence-electron chi connectivity index (χ3n) is 2.80. The van der Waals surface area contributed by atoms with Gasteiger partial charge in [0.2, 0.25) is 0 Å². The second-order valence-electron chi connectivity index (χ2n) is 4.16. The van der Waals surface area contributed by atoms with Crippen molar-refractivity contribution >= 4 is 17.4 Å². The molecule has 0 amide bonds. The van der Waals surface area contributed by atoms with Crippen LogP contribution in [0, 0.1) is 10.1 Å². The van der Waals surface area contributed by atoms with E-state index in [-0.39, 0.29) is 17.4 Å². The molecular formula is C14H11N2O4+. The topological polar surface area (TPSA) is 81.2 Å². The minimum atomic E-state index is -0.525. The number of aromatic nitrogens is 1. The number of nitro groups is 1. The minimum Gasteiger partial charge on any atom is -0.295 e. The molecule has 0 spiro atoms. The standard InChI is InChI=1S/C14H11N2O4/c1-10(17)11-6-8-15(9-7-11)14(18)12-2-4-13(5-3-12)16(19)20/h2-9H,1H3/q+1. The van der Waals surface area contributed by atoms with Gasteiger partial charge < -0.3 is 0 Å². The molecule has 0 radical (unpaired) electrons. The molecule has 0 N–H and O–H groups in total. The number of benzene rings is 1. The Morgan fingerprint density at radius 3 is 2.00 bits per heavy atom. The van der Waals surface area contributed by atoms with Gasteiger partial charge >= 0.3 is 5.91 Å². The fourth-order valence-corrected chi connectivity index (χ4v) is 1.67. The number of hydrogen-bond acceptors (Lipinski definition) is 4. The van der Waals surface area contributed by atoms with Gasteiger partial charge in [0, 0.05) is 29.8 Å². The molecule has 0 saturated carbocycles. The van der Waals surface area contributed by atoms with Gasteiger partial charge in [-0.15, -0.1) is 4.57 Å². The Kier molecular flexibility index (Phi) is 3.65. The summed E-state index contributed by atoms with van der Waals surface area (Å²) in [6.07, 6.45) is 2.97. The first-order valence-electron chi connectivity index (χ1n) is 5.80. The van der Waals surface area contributed by atoms with E-state index in [1.165, 1.54) is 48.1 Å². The third kappa shape index (κ3) is 2.74. The molecule has 6 nitrogen and oxygen atoms in total. The molecule has 0 bridgehead atoms. The van der Waals surface area contributed by atoms with Crippen LogP contribution in [0.4, 0.5) is 5.69 Å². The molecular weight excluding hydrogens is 260 g/mol. The summed E-state index contributed by atoms with van der Waals surface area (Å²) in [5, 5.41) is 10.5.